The minimum absolute atomic E-state index is 0.0169. The van der Waals surface area contributed by atoms with E-state index in [1.54, 1.807) is 10.9 Å². The Morgan fingerprint density at radius 1 is 1.24 bits per heavy atom. The van der Waals surface area contributed by atoms with Crippen LogP contribution in [0.15, 0.2) is 35.0 Å². The molecule has 3 aromatic rings. The number of fused-ring (bicyclic) bond motifs is 2. The van der Waals surface area contributed by atoms with Gasteiger partial charge in [0.2, 0.25) is 17.6 Å². The Kier molecular flexibility index (Phi) is 4.26. The summed E-state index contributed by atoms with van der Waals surface area (Å²) in [5.74, 6) is 1.86. The van der Waals surface area contributed by atoms with Crippen LogP contribution in [-0.2, 0) is 11.8 Å². The van der Waals surface area contributed by atoms with E-state index in [0.717, 1.165) is 41.8 Å². The second-order valence-electron chi connectivity index (χ2n) is 8.47. The van der Waals surface area contributed by atoms with Gasteiger partial charge in [-0.1, -0.05) is 28.9 Å². The van der Waals surface area contributed by atoms with Crippen molar-refractivity contribution in [2.75, 3.05) is 5.32 Å². The van der Waals surface area contributed by atoms with E-state index in [1.165, 1.54) is 0 Å². The molecular formula is C22H25N5O2. The van der Waals surface area contributed by atoms with E-state index in [4.69, 9.17) is 9.51 Å². The molecule has 0 spiro atoms. The van der Waals surface area contributed by atoms with E-state index in [-0.39, 0.29) is 17.7 Å². The first kappa shape index (κ1) is 18.1. The molecule has 1 amide bonds. The van der Waals surface area contributed by atoms with Gasteiger partial charge in [0.1, 0.15) is 0 Å². The summed E-state index contributed by atoms with van der Waals surface area (Å²) in [5.41, 5.74) is 3.80. The molecule has 2 bridgehead atoms. The number of hydrogen-bond donors (Lipinski definition) is 1. The molecule has 7 nitrogen and oxygen atoms in total. The lowest BCUT2D eigenvalue weighted by Gasteiger charge is -2.27. The third kappa shape index (κ3) is 3.05. The number of carbonyl (C=O) groups excluding carboxylic acids is 1. The van der Waals surface area contributed by atoms with Crippen LogP contribution in [0.1, 0.15) is 42.3 Å². The fourth-order valence-corrected chi connectivity index (χ4v) is 5.13. The number of amides is 1. The van der Waals surface area contributed by atoms with Crippen molar-refractivity contribution in [1.29, 1.82) is 0 Å². The third-order valence-corrected chi connectivity index (χ3v) is 6.72. The van der Waals surface area contributed by atoms with Crippen molar-refractivity contribution in [2.45, 2.75) is 39.0 Å². The van der Waals surface area contributed by atoms with Gasteiger partial charge in [-0.3, -0.25) is 9.48 Å². The number of hydrogen-bond acceptors (Lipinski definition) is 5. The zero-order chi connectivity index (χ0) is 20.1. The van der Waals surface area contributed by atoms with Crippen LogP contribution in [0, 0.1) is 31.6 Å². The number of anilines is 1. The van der Waals surface area contributed by atoms with Gasteiger partial charge >= 0.3 is 0 Å². The van der Waals surface area contributed by atoms with E-state index in [9.17, 15) is 4.79 Å². The summed E-state index contributed by atoms with van der Waals surface area (Å²) in [4.78, 5) is 17.9. The predicted molar refractivity (Wildman–Crippen MR) is 108 cm³/mol. The summed E-state index contributed by atoms with van der Waals surface area (Å²) in [6, 6.07) is 8.06. The molecule has 0 aliphatic heterocycles. The summed E-state index contributed by atoms with van der Waals surface area (Å²) in [6.07, 6.45) is 4.96. The van der Waals surface area contributed by atoms with Crippen LogP contribution in [0.4, 0.5) is 5.69 Å². The number of carbonyl (C=O) groups is 1. The highest BCUT2D eigenvalue weighted by atomic mass is 16.5. The molecule has 0 radical (unpaired) electrons. The summed E-state index contributed by atoms with van der Waals surface area (Å²) >= 11 is 0. The van der Waals surface area contributed by atoms with Crippen LogP contribution in [0.25, 0.3) is 11.4 Å². The van der Waals surface area contributed by atoms with Gasteiger partial charge in [0.15, 0.2) is 0 Å². The Labute approximate surface area is 169 Å². The zero-order valence-electron chi connectivity index (χ0n) is 16.9. The predicted octanol–water partition coefficient (Wildman–Crippen LogP) is 3.86. The van der Waals surface area contributed by atoms with Crippen molar-refractivity contribution in [3.05, 3.63) is 47.6 Å². The maximum atomic E-state index is 13.2. The fraction of sp³-hybridized carbons (Fsp3) is 0.455. The van der Waals surface area contributed by atoms with Crippen molar-refractivity contribution < 1.29 is 9.32 Å². The second-order valence-corrected chi connectivity index (χ2v) is 8.47. The molecule has 2 aliphatic carbocycles. The van der Waals surface area contributed by atoms with Gasteiger partial charge in [0.05, 0.1) is 29.4 Å². The van der Waals surface area contributed by atoms with Gasteiger partial charge in [0.25, 0.3) is 0 Å². The molecule has 29 heavy (non-hydrogen) atoms. The Hall–Kier alpha value is -2.96. The first-order valence-corrected chi connectivity index (χ1v) is 10.2. The Morgan fingerprint density at radius 2 is 2.07 bits per heavy atom. The molecule has 7 heteroatoms. The Bertz CT molecular complexity index is 1070. The lowest BCUT2D eigenvalue weighted by atomic mass is 9.78. The molecule has 1 aromatic carbocycles. The fourth-order valence-electron chi connectivity index (χ4n) is 5.13. The van der Waals surface area contributed by atoms with E-state index < -0.39 is 0 Å². The van der Waals surface area contributed by atoms with Crippen molar-refractivity contribution in [2.24, 2.45) is 24.8 Å². The van der Waals surface area contributed by atoms with E-state index in [0.29, 0.717) is 23.6 Å². The average molecular weight is 391 g/mol. The normalized spacial score (nSPS) is 25.5. The van der Waals surface area contributed by atoms with Gasteiger partial charge in [0, 0.05) is 12.6 Å². The van der Waals surface area contributed by atoms with Gasteiger partial charge < -0.3 is 9.84 Å². The van der Waals surface area contributed by atoms with Crippen molar-refractivity contribution in [1.82, 2.24) is 19.9 Å². The zero-order valence-corrected chi connectivity index (χ0v) is 16.9. The number of nitrogens with one attached hydrogen (secondary N) is 1. The van der Waals surface area contributed by atoms with E-state index in [1.807, 2.05) is 45.2 Å². The summed E-state index contributed by atoms with van der Waals surface area (Å²) in [6.45, 7) is 3.99. The van der Waals surface area contributed by atoms with Gasteiger partial charge in [-0.05, 0) is 51.0 Å². The van der Waals surface area contributed by atoms with Crippen LogP contribution in [0.2, 0.25) is 0 Å². The third-order valence-electron chi connectivity index (χ3n) is 6.72. The molecule has 2 aliphatic rings. The highest BCUT2D eigenvalue weighted by molar-refractivity contribution is 5.94. The molecule has 5 rings (SSSR count). The highest BCUT2D eigenvalue weighted by Crippen LogP contribution is 2.56. The molecule has 2 saturated carbocycles. The lowest BCUT2D eigenvalue weighted by Crippen LogP contribution is -2.33. The minimum Gasteiger partial charge on any atom is -0.339 e. The van der Waals surface area contributed by atoms with Crippen LogP contribution >= 0.6 is 0 Å². The van der Waals surface area contributed by atoms with E-state index >= 15 is 0 Å². The van der Waals surface area contributed by atoms with Gasteiger partial charge in [-0.25, -0.2) is 0 Å². The highest BCUT2D eigenvalue weighted by Gasteiger charge is 2.53. The van der Waals surface area contributed by atoms with Crippen molar-refractivity contribution in [3.8, 4) is 11.4 Å². The summed E-state index contributed by atoms with van der Waals surface area (Å²) < 4.78 is 7.46. The Balaban J connectivity index is 1.43. The number of benzene rings is 1. The molecule has 150 valence electrons. The second kappa shape index (κ2) is 6.83. The van der Waals surface area contributed by atoms with Gasteiger partial charge in [-0.2, -0.15) is 10.1 Å². The van der Waals surface area contributed by atoms with Crippen molar-refractivity contribution >= 4 is 11.6 Å². The monoisotopic (exact) mass is 391 g/mol. The maximum absolute atomic E-state index is 13.2. The molecule has 1 N–H and O–H groups in total. The molecule has 4 atom stereocenters. The van der Waals surface area contributed by atoms with Crippen LogP contribution < -0.4 is 5.32 Å². The number of nitrogens with zero attached hydrogens (tertiary/aromatic N) is 4. The summed E-state index contributed by atoms with van der Waals surface area (Å²) in [5, 5.41) is 11.5. The number of rotatable bonds is 4. The molecular weight excluding hydrogens is 366 g/mol. The quantitative estimate of drug-likeness (QED) is 0.730. The SMILES string of the molecule is Cc1cccc(-c2noc([C@H]3[C@@H]4CC[C@@H](C4)[C@@H]3C(=O)Nc3cnn(C)c3C)n2)c1. The molecule has 2 heterocycles. The van der Waals surface area contributed by atoms with Crippen LogP contribution in [0.3, 0.4) is 0 Å². The standard InChI is InChI=1S/C22H25N5O2/c1-12-5-4-6-16(9-12)20-25-22(29-26-20)19-15-8-7-14(10-15)18(19)21(28)24-17-11-23-27(3)13(17)2/h4-6,9,11,14-15,18-19H,7-8,10H2,1-3H3,(H,24,28)/t14-,15+,18-,19-/m0/s1. The number of aromatic nitrogens is 4. The summed E-state index contributed by atoms with van der Waals surface area (Å²) in [7, 11) is 1.87. The smallest absolute Gasteiger partial charge is 0.231 e. The molecule has 0 saturated heterocycles. The minimum atomic E-state index is -0.140. The average Bonchev–Trinajstić information content (AvgIpc) is 3.49. The first-order valence-electron chi connectivity index (χ1n) is 10.2. The maximum Gasteiger partial charge on any atom is 0.231 e. The molecule has 0 unspecified atom stereocenters. The molecule has 2 aromatic heterocycles. The van der Waals surface area contributed by atoms with Crippen LogP contribution in [-0.4, -0.2) is 25.8 Å². The van der Waals surface area contributed by atoms with Gasteiger partial charge in [-0.15, -0.1) is 0 Å². The Morgan fingerprint density at radius 3 is 2.83 bits per heavy atom. The topological polar surface area (TPSA) is 85.8 Å². The van der Waals surface area contributed by atoms with E-state index in [2.05, 4.69) is 15.6 Å². The largest absolute Gasteiger partial charge is 0.339 e. The number of aryl methyl sites for hydroxylation is 2. The molecule has 2 fully saturated rings. The lowest BCUT2D eigenvalue weighted by molar-refractivity contribution is -0.122. The van der Waals surface area contributed by atoms with Crippen molar-refractivity contribution in [3.63, 3.8) is 0 Å². The first-order chi connectivity index (χ1) is 14.0. The van der Waals surface area contributed by atoms with Crippen LogP contribution in [0.5, 0.6) is 0 Å².